The van der Waals surface area contributed by atoms with E-state index in [1.165, 1.54) is 0 Å². The monoisotopic (exact) mass is 218 g/mol. The summed E-state index contributed by atoms with van der Waals surface area (Å²) >= 11 is 0. The molecule has 0 rings (SSSR count). The molecule has 0 fully saturated rings. The summed E-state index contributed by atoms with van der Waals surface area (Å²) in [6, 6.07) is 0.0162. The van der Waals surface area contributed by atoms with Gasteiger partial charge in [0, 0.05) is 0 Å². The maximum atomic E-state index is 12.1. The maximum absolute atomic E-state index is 12.1. The molecule has 0 heterocycles. The lowest BCUT2D eigenvalue weighted by atomic mass is 10.4. The highest BCUT2D eigenvalue weighted by Crippen LogP contribution is 2.69. The van der Waals surface area contributed by atoms with E-state index in [0.717, 1.165) is 0 Å². The van der Waals surface area contributed by atoms with E-state index in [2.05, 4.69) is 15.3 Å². The molecular weight excluding hydrogens is 197 g/mol. The first kappa shape index (κ1) is 14.3. The van der Waals surface area contributed by atoms with E-state index >= 15 is 0 Å². The molecular formula is C9H21N3OP-3. The van der Waals surface area contributed by atoms with E-state index in [-0.39, 0.29) is 18.1 Å². The molecule has 0 unspecified atom stereocenters. The molecule has 0 N–H and O–H groups in total. The van der Waals surface area contributed by atoms with Gasteiger partial charge in [-0.05, 0) is 0 Å². The third-order valence-electron chi connectivity index (χ3n) is 1.14. The predicted molar refractivity (Wildman–Crippen MR) is 62.4 cm³/mol. The first-order valence-electron chi connectivity index (χ1n) is 5.02. The lowest BCUT2D eigenvalue weighted by Crippen LogP contribution is -2.15. The topological polar surface area (TPSA) is 65.4 Å². The van der Waals surface area contributed by atoms with E-state index < -0.39 is 7.94 Å². The van der Waals surface area contributed by atoms with Crippen LogP contribution in [-0.2, 0) is 0 Å². The van der Waals surface area contributed by atoms with Gasteiger partial charge in [0.25, 0.3) is 0 Å². The molecule has 0 amide bonds. The molecule has 0 aliphatic carbocycles. The number of hydrogen-bond acceptors (Lipinski definition) is 1. The van der Waals surface area contributed by atoms with Crippen LogP contribution >= 0.6 is 7.94 Å². The van der Waals surface area contributed by atoms with Crippen LogP contribution in [0.5, 0.6) is 0 Å². The van der Waals surface area contributed by atoms with Crippen LogP contribution in [0.25, 0.3) is 15.3 Å². The molecule has 0 aliphatic heterocycles. The Morgan fingerprint density at radius 3 is 1.07 bits per heavy atom. The summed E-state index contributed by atoms with van der Waals surface area (Å²) in [5.41, 5.74) is 0. The fraction of sp³-hybridized carbons (Fsp3) is 1.00. The molecule has 0 atom stereocenters. The summed E-state index contributed by atoms with van der Waals surface area (Å²) in [6.07, 6.45) is 0. The zero-order valence-corrected chi connectivity index (χ0v) is 10.8. The van der Waals surface area contributed by atoms with E-state index in [4.69, 9.17) is 0 Å². The summed E-state index contributed by atoms with van der Waals surface area (Å²) < 4.78 is 0. The predicted octanol–water partition coefficient (Wildman–Crippen LogP) is 3.37. The van der Waals surface area contributed by atoms with Crippen LogP contribution in [0, 0.1) is 0 Å². The first-order chi connectivity index (χ1) is 6.25. The molecule has 14 heavy (non-hydrogen) atoms. The smallest absolute Gasteiger partial charge is 0.0796 e. The van der Waals surface area contributed by atoms with Gasteiger partial charge < -0.3 is 28.1 Å². The van der Waals surface area contributed by atoms with E-state index in [0.29, 0.717) is 0 Å². The second-order valence-electron chi connectivity index (χ2n) is 4.14. The molecule has 0 bridgehead atoms. The van der Waals surface area contributed by atoms with E-state index in [1.807, 2.05) is 41.5 Å². The SMILES string of the molecule is CC(C)[N-][P+]([O-])([N-]C(C)C)[N-]C(C)C. The summed E-state index contributed by atoms with van der Waals surface area (Å²) in [4.78, 5) is 12.1. The second kappa shape index (κ2) is 5.99. The Morgan fingerprint density at radius 1 is 0.714 bits per heavy atom. The minimum absolute atomic E-state index is 0.00540. The van der Waals surface area contributed by atoms with Crippen LogP contribution in [-0.4, -0.2) is 18.1 Å². The van der Waals surface area contributed by atoms with Gasteiger partial charge >= 0.3 is 0 Å². The van der Waals surface area contributed by atoms with E-state index in [1.54, 1.807) is 0 Å². The third kappa shape index (κ3) is 6.68. The first-order valence-corrected chi connectivity index (χ1v) is 6.59. The van der Waals surface area contributed by atoms with Gasteiger partial charge in [-0.3, -0.25) is 0 Å². The third-order valence-corrected chi connectivity index (χ3v) is 3.43. The van der Waals surface area contributed by atoms with Crippen molar-refractivity contribution in [3.63, 3.8) is 0 Å². The van der Waals surface area contributed by atoms with Crippen molar-refractivity contribution in [3.05, 3.63) is 15.3 Å². The van der Waals surface area contributed by atoms with E-state index in [9.17, 15) is 4.89 Å². The van der Waals surface area contributed by atoms with Crippen LogP contribution in [0.15, 0.2) is 0 Å². The minimum atomic E-state index is -3.01. The Hall–Kier alpha value is 0.270. The highest BCUT2D eigenvalue weighted by molar-refractivity contribution is 7.77. The van der Waals surface area contributed by atoms with Crippen LogP contribution in [0.4, 0.5) is 0 Å². The Morgan fingerprint density at radius 2 is 0.929 bits per heavy atom. The number of hydrogen-bond donors (Lipinski definition) is 0. The molecule has 0 aromatic heterocycles. The Balaban J connectivity index is 4.32. The molecule has 0 radical (unpaired) electrons. The van der Waals surface area contributed by atoms with Crippen molar-refractivity contribution < 1.29 is 4.89 Å². The van der Waals surface area contributed by atoms with Gasteiger partial charge in [-0.1, -0.05) is 41.5 Å². The molecule has 86 valence electrons. The molecule has 4 nitrogen and oxygen atoms in total. The Kier molecular flexibility index (Phi) is 6.10. The van der Waals surface area contributed by atoms with Crippen LogP contribution in [0.2, 0.25) is 0 Å². The van der Waals surface area contributed by atoms with Crippen molar-refractivity contribution in [2.45, 2.75) is 59.7 Å². The van der Waals surface area contributed by atoms with Crippen molar-refractivity contribution in [1.82, 2.24) is 0 Å². The van der Waals surface area contributed by atoms with Crippen molar-refractivity contribution in [3.8, 4) is 0 Å². The lowest BCUT2D eigenvalue weighted by molar-refractivity contribution is -0.164. The van der Waals surface area contributed by atoms with Gasteiger partial charge in [0.05, 0.1) is 0 Å². The zero-order valence-electron chi connectivity index (χ0n) is 9.93. The van der Waals surface area contributed by atoms with Crippen molar-refractivity contribution in [2.75, 3.05) is 0 Å². The Labute approximate surface area is 88.4 Å². The van der Waals surface area contributed by atoms with Crippen LogP contribution in [0.1, 0.15) is 41.5 Å². The molecule has 0 aromatic rings. The van der Waals surface area contributed by atoms with Gasteiger partial charge in [-0.25, -0.2) is 0 Å². The Bertz CT molecular complexity index is 136. The molecule has 5 heteroatoms. The quantitative estimate of drug-likeness (QED) is 0.630. The normalized spacial score (nSPS) is 13.3. The maximum Gasteiger partial charge on any atom is -0.0796 e. The minimum Gasteiger partial charge on any atom is -0.712 e. The van der Waals surface area contributed by atoms with Crippen molar-refractivity contribution in [1.29, 1.82) is 0 Å². The fourth-order valence-electron chi connectivity index (χ4n) is 0.992. The standard InChI is InChI=1S/C9H21N3OP/c1-7(2)10-14(13,11-8(3)4)12-9(5)6/h7-9H,1-6H3/q-3. The van der Waals surface area contributed by atoms with Crippen molar-refractivity contribution in [2.24, 2.45) is 0 Å². The van der Waals surface area contributed by atoms with Gasteiger partial charge in [0.1, 0.15) is 0 Å². The average molecular weight is 218 g/mol. The van der Waals surface area contributed by atoms with Gasteiger partial charge in [0.2, 0.25) is 0 Å². The second-order valence-corrected chi connectivity index (χ2v) is 5.86. The summed E-state index contributed by atoms with van der Waals surface area (Å²) in [7, 11) is -3.01. The van der Waals surface area contributed by atoms with Gasteiger partial charge in [-0.15, -0.1) is 18.1 Å². The van der Waals surface area contributed by atoms with Crippen molar-refractivity contribution >= 4 is 7.94 Å². The largest absolute Gasteiger partial charge is 0.712 e. The average Bonchev–Trinajstić information content (AvgIpc) is 1.76. The highest BCUT2D eigenvalue weighted by Gasteiger charge is 1.97. The molecule has 0 aliphatic rings. The summed E-state index contributed by atoms with van der Waals surface area (Å²) in [6.45, 7) is 11.3. The zero-order chi connectivity index (χ0) is 11.4. The lowest BCUT2D eigenvalue weighted by Gasteiger charge is -2.69. The number of nitrogens with zero attached hydrogens (tertiary/aromatic N) is 3. The highest BCUT2D eigenvalue weighted by atomic mass is 31.2. The van der Waals surface area contributed by atoms with Gasteiger partial charge in [0.15, 0.2) is 0 Å². The molecule has 0 aromatic carbocycles. The van der Waals surface area contributed by atoms with Crippen LogP contribution < -0.4 is 4.89 Å². The van der Waals surface area contributed by atoms with Gasteiger partial charge in [-0.2, -0.15) is 0 Å². The fourth-order valence-corrected chi connectivity index (χ4v) is 2.98. The number of rotatable bonds is 6. The summed E-state index contributed by atoms with van der Waals surface area (Å²) in [5, 5.41) is 12.3. The molecule has 0 saturated heterocycles. The summed E-state index contributed by atoms with van der Waals surface area (Å²) in [5.74, 6) is 0. The molecule has 0 saturated carbocycles. The van der Waals surface area contributed by atoms with Crippen LogP contribution in [0.3, 0.4) is 0 Å². The molecule has 0 spiro atoms.